The van der Waals surface area contributed by atoms with Crippen molar-refractivity contribution >= 4 is 5.91 Å². The number of piperidine rings is 1. The molecule has 1 aromatic carbocycles. The number of likely N-dealkylation sites (tertiary alicyclic amines) is 1. The second-order valence-electron chi connectivity index (χ2n) is 4.88. The standard InChI is InChI=1S/C15H21NO3/c1-2-19-14-5-3-13(4-6-14)15(18)16-9-7-12(11-17)8-10-16/h3-6,12,17H,2,7-11H2,1H3. The third-order valence-electron chi connectivity index (χ3n) is 3.57. The summed E-state index contributed by atoms with van der Waals surface area (Å²) >= 11 is 0. The van der Waals surface area contributed by atoms with Crippen molar-refractivity contribution in [3.05, 3.63) is 29.8 Å². The van der Waals surface area contributed by atoms with Crippen molar-refractivity contribution in [2.45, 2.75) is 19.8 Å². The van der Waals surface area contributed by atoms with Crippen LogP contribution in [-0.2, 0) is 0 Å². The van der Waals surface area contributed by atoms with Crippen molar-refractivity contribution in [3.63, 3.8) is 0 Å². The van der Waals surface area contributed by atoms with Gasteiger partial charge in [-0.15, -0.1) is 0 Å². The number of rotatable bonds is 4. The van der Waals surface area contributed by atoms with E-state index in [2.05, 4.69) is 0 Å². The van der Waals surface area contributed by atoms with Gasteiger partial charge < -0.3 is 14.7 Å². The van der Waals surface area contributed by atoms with Crippen molar-refractivity contribution in [1.29, 1.82) is 0 Å². The van der Waals surface area contributed by atoms with Gasteiger partial charge in [0.05, 0.1) is 6.61 Å². The lowest BCUT2D eigenvalue weighted by molar-refractivity contribution is 0.0651. The molecule has 0 bridgehead atoms. The van der Waals surface area contributed by atoms with Crippen LogP contribution in [0.1, 0.15) is 30.1 Å². The predicted molar refractivity (Wildman–Crippen MR) is 73.3 cm³/mol. The van der Waals surface area contributed by atoms with Gasteiger partial charge in [0.25, 0.3) is 5.91 Å². The molecule has 0 aliphatic carbocycles. The Balaban J connectivity index is 1.96. The van der Waals surface area contributed by atoms with Crippen LogP contribution < -0.4 is 4.74 Å². The van der Waals surface area contributed by atoms with E-state index in [4.69, 9.17) is 9.84 Å². The van der Waals surface area contributed by atoms with E-state index in [-0.39, 0.29) is 12.5 Å². The summed E-state index contributed by atoms with van der Waals surface area (Å²) in [7, 11) is 0. The number of carbonyl (C=O) groups excluding carboxylic acids is 1. The highest BCUT2D eigenvalue weighted by Crippen LogP contribution is 2.19. The van der Waals surface area contributed by atoms with Crippen molar-refractivity contribution in [3.8, 4) is 5.75 Å². The normalized spacial score (nSPS) is 16.4. The molecule has 1 amide bonds. The minimum Gasteiger partial charge on any atom is -0.494 e. The Morgan fingerprint density at radius 2 is 1.95 bits per heavy atom. The molecule has 1 saturated heterocycles. The Hall–Kier alpha value is -1.55. The molecule has 1 aliphatic heterocycles. The summed E-state index contributed by atoms with van der Waals surface area (Å²) in [5, 5.41) is 9.10. The Morgan fingerprint density at radius 3 is 2.47 bits per heavy atom. The van der Waals surface area contributed by atoms with Crippen LogP contribution in [0.2, 0.25) is 0 Å². The summed E-state index contributed by atoms with van der Waals surface area (Å²) in [6.45, 7) is 4.26. The maximum absolute atomic E-state index is 12.3. The minimum absolute atomic E-state index is 0.0689. The predicted octanol–water partition coefficient (Wildman–Crippen LogP) is 1.93. The Morgan fingerprint density at radius 1 is 1.32 bits per heavy atom. The van der Waals surface area contributed by atoms with Crippen molar-refractivity contribution in [2.75, 3.05) is 26.3 Å². The van der Waals surface area contributed by atoms with Crippen molar-refractivity contribution < 1.29 is 14.6 Å². The molecule has 0 saturated carbocycles. The van der Waals surface area contributed by atoms with Gasteiger partial charge in [0.15, 0.2) is 0 Å². The zero-order valence-electron chi connectivity index (χ0n) is 11.3. The van der Waals surface area contributed by atoms with E-state index in [1.54, 1.807) is 0 Å². The number of ether oxygens (including phenoxy) is 1. The Bertz CT molecular complexity index is 408. The van der Waals surface area contributed by atoms with Crippen LogP contribution in [0, 0.1) is 5.92 Å². The van der Waals surface area contributed by atoms with E-state index < -0.39 is 0 Å². The molecule has 1 aromatic rings. The summed E-state index contributed by atoms with van der Waals surface area (Å²) in [6, 6.07) is 7.28. The van der Waals surface area contributed by atoms with Gasteiger partial charge in [-0.25, -0.2) is 0 Å². The average Bonchev–Trinajstić information content (AvgIpc) is 2.48. The minimum atomic E-state index is 0.0689. The second kappa shape index (κ2) is 6.57. The number of benzene rings is 1. The Kier molecular flexibility index (Phi) is 4.80. The van der Waals surface area contributed by atoms with Crippen molar-refractivity contribution in [1.82, 2.24) is 4.90 Å². The summed E-state index contributed by atoms with van der Waals surface area (Å²) < 4.78 is 5.36. The lowest BCUT2D eigenvalue weighted by atomic mass is 9.97. The van der Waals surface area contributed by atoms with Crippen LogP contribution in [0.3, 0.4) is 0 Å². The van der Waals surface area contributed by atoms with E-state index in [0.29, 0.717) is 18.1 Å². The van der Waals surface area contributed by atoms with E-state index in [1.807, 2.05) is 36.1 Å². The summed E-state index contributed by atoms with van der Waals surface area (Å²) in [6.07, 6.45) is 1.78. The number of nitrogens with zero attached hydrogens (tertiary/aromatic N) is 1. The molecule has 19 heavy (non-hydrogen) atoms. The second-order valence-corrected chi connectivity index (χ2v) is 4.88. The van der Waals surface area contributed by atoms with Gasteiger partial charge in [-0.2, -0.15) is 0 Å². The molecule has 1 N–H and O–H groups in total. The van der Waals surface area contributed by atoms with Gasteiger partial charge in [-0.3, -0.25) is 4.79 Å². The third kappa shape index (κ3) is 3.47. The molecule has 0 radical (unpaired) electrons. The molecule has 1 heterocycles. The molecule has 4 heteroatoms. The number of amides is 1. The number of aliphatic hydroxyl groups excluding tert-OH is 1. The SMILES string of the molecule is CCOc1ccc(C(=O)N2CCC(CO)CC2)cc1. The van der Waals surface area contributed by atoms with Gasteiger partial charge in [0.1, 0.15) is 5.75 Å². The van der Waals surface area contributed by atoms with Crippen LogP contribution in [-0.4, -0.2) is 42.2 Å². The van der Waals surface area contributed by atoms with E-state index in [1.165, 1.54) is 0 Å². The Labute approximate surface area is 114 Å². The van der Waals surface area contributed by atoms with Gasteiger partial charge >= 0.3 is 0 Å². The molecule has 0 aromatic heterocycles. The van der Waals surface area contributed by atoms with Crippen LogP contribution in [0.15, 0.2) is 24.3 Å². The molecular formula is C15H21NO3. The van der Waals surface area contributed by atoms with Crippen molar-refractivity contribution in [2.24, 2.45) is 5.92 Å². The summed E-state index contributed by atoms with van der Waals surface area (Å²) in [4.78, 5) is 14.1. The zero-order chi connectivity index (χ0) is 13.7. The molecule has 0 unspecified atom stereocenters. The van der Waals surface area contributed by atoms with E-state index in [0.717, 1.165) is 31.7 Å². The number of hydrogen-bond acceptors (Lipinski definition) is 3. The number of hydrogen-bond donors (Lipinski definition) is 1. The molecule has 4 nitrogen and oxygen atoms in total. The van der Waals surface area contributed by atoms with Crippen LogP contribution in [0.5, 0.6) is 5.75 Å². The van der Waals surface area contributed by atoms with Gasteiger partial charge in [-0.1, -0.05) is 0 Å². The molecule has 0 spiro atoms. The molecular weight excluding hydrogens is 242 g/mol. The number of aliphatic hydroxyl groups is 1. The maximum Gasteiger partial charge on any atom is 0.253 e. The largest absolute Gasteiger partial charge is 0.494 e. The molecule has 1 fully saturated rings. The molecule has 104 valence electrons. The highest BCUT2D eigenvalue weighted by Gasteiger charge is 2.22. The lowest BCUT2D eigenvalue weighted by Crippen LogP contribution is -2.39. The zero-order valence-corrected chi connectivity index (χ0v) is 11.3. The molecule has 1 aliphatic rings. The highest BCUT2D eigenvalue weighted by atomic mass is 16.5. The first kappa shape index (κ1) is 13.9. The fraction of sp³-hybridized carbons (Fsp3) is 0.533. The number of carbonyl (C=O) groups is 1. The quantitative estimate of drug-likeness (QED) is 0.903. The van der Waals surface area contributed by atoms with Gasteiger partial charge in [0.2, 0.25) is 0 Å². The van der Waals surface area contributed by atoms with Crippen LogP contribution in [0.4, 0.5) is 0 Å². The molecule has 0 atom stereocenters. The van der Waals surface area contributed by atoms with E-state index in [9.17, 15) is 4.79 Å². The van der Waals surface area contributed by atoms with Gasteiger partial charge in [0, 0.05) is 25.3 Å². The first-order valence-electron chi connectivity index (χ1n) is 6.87. The van der Waals surface area contributed by atoms with E-state index >= 15 is 0 Å². The maximum atomic E-state index is 12.3. The smallest absolute Gasteiger partial charge is 0.253 e. The monoisotopic (exact) mass is 263 g/mol. The first-order valence-corrected chi connectivity index (χ1v) is 6.87. The third-order valence-corrected chi connectivity index (χ3v) is 3.57. The van der Waals surface area contributed by atoms with Crippen LogP contribution in [0.25, 0.3) is 0 Å². The van der Waals surface area contributed by atoms with Crippen LogP contribution >= 0.6 is 0 Å². The molecule has 2 rings (SSSR count). The average molecular weight is 263 g/mol. The fourth-order valence-corrected chi connectivity index (χ4v) is 2.36. The lowest BCUT2D eigenvalue weighted by Gasteiger charge is -2.31. The summed E-state index contributed by atoms with van der Waals surface area (Å²) in [5.74, 6) is 1.21. The fourth-order valence-electron chi connectivity index (χ4n) is 2.36. The first-order chi connectivity index (χ1) is 9.24. The van der Waals surface area contributed by atoms with Gasteiger partial charge in [-0.05, 0) is 49.9 Å². The topological polar surface area (TPSA) is 49.8 Å². The summed E-state index contributed by atoms with van der Waals surface area (Å²) in [5.41, 5.74) is 0.700. The highest BCUT2D eigenvalue weighted by molar-refractivity contribution is 5.94.